The Kier molecular flexibility index (Phi) is 5.46. The summed E-state index contributed by atoms with van der Waals surface area (Å²) in [5, 5.41) is 3.42. The molecule has 0 saturated carbocycles. The van der Waals surface area contributed by atoms with E-state index in [1.54, 1.807) is 0 Å². The van der Waals surface area contributed by atoms with Gasteiger partial charge in [-0.15, -0.1) is 0 Å². The van der Waals surface area contributed by atoms with Gasteiger partial charge in [-0.25, -0.2) is 0 Å². The van der Waals surface area contributed by atoms with Crippen LogP contribution >= 0.6 is 47.8 Å². The predicted octanol–water partition coefficient (Wildman–Crippen LogP) is 5.90. The molecule has 2 aromatic rings. The summed E-state index contributed by atoms with van der Waals surface area (Å²) in [6.07, 6.45) is 0. The number of hydrogen-bond donors (Lipinski definition) is 1. The van der Waals surface area contributed by atoms with E-state index in [1.165, 1.54) is 22.3 Å². The molecule has 20 heavy (non-hydrogen) atoms. The van der Waals surface area contributed by atoms with Gasteiger partial charge in [0.15, 0.2) is 0 Å². The molecule has 0 aliphatic rings. The molecule has 2 aromatic carbocycles. The standard InChI is InChI=1S/C16H16Br3N/c1-9-5-15(19)10(2)4-14(9)16(20-3)11-6-12(17)8-13(18)7-11/h4-8,16,20H,1-3H3. The van der Waals surface area contributed by atoms with Crippen LogP contribution in [0, 0.1) is 13.8 Å². The van der Waals surface area contributed by atoms with Crippen LogP contribution in [0.25, 0.3) is 0 Å². The molecule has 106 valence electrons. The largest absolute Gasteiger partial charge is 0.309 e. The Morgan fingerprint density at radius 2 is 1.45 bits per heavy atom. The third-order valence-corrected chi connectivity index (χ3v) is 5.14. The van der Waals surface area contributed by atoms with Crippen molar-refractivity contribution < 1.29 is 0 Å². The first-order valence-electron chi connectivity index (χ1n) is 6.32. The molecule has 0 amide bonds. The van der Waals surface area contributed by atoms with Crippen molar-refractivity contribution in [3.63, 3.8) is 0 Å². The molecule has 0 aromatic heterocycles. The number of rotatable bonds is 3. The fraction of sp³-hybridized carbons (Fsp3) is 0.250. The normalized spacial score (nSPS) is 12.5. The van der Waals surface area contributed by atoms with E-state index in [1.807, 2.05) is 7.05 Å². The van der Waals surface area contributed by atoms with Gasteiger partial charge in [0.05, 0.1) is 6.04 Å². The lowest BCUT2D eigenvalue weighted by Gasteiger charge is -2.21. The lowest BCUT2D eigenvalue weighted by molar-refractivity contribution is 0.686. The van der Waals surface area contributed by atoms with Crippen LogP contribution in [0.15, 0.2) is 43.7 Å². The first kappa shape index (κ1) is 16.2. The minimum Gasteiger partial charge on any atom is -0.309 e. The first-order chi connectivity index (χ1) is 9.42. The van der Waals surface area contributed by atoms with Crippen LogP contribution < -0.4 is 5.32 Å². The lowest BCUT2D eigenvalue weighted by Crippen LogP contribution is -2.19. The van der Waals surface area contributed by atoms with Gasteiger partial charge in [0.1, 0.15) is 0 Å². The summed E-state index contributed by atoms with van der Waals surface area (Å²) in [7, 11) is 2.00. The molecular formula is C16H16Br3N. The summed E-state index contributed by atoms with van der Waals surface area (Å²) in [4.78, 5) is 0. The van der Waals surface area contributed by atoms with Crippen molar-refractivity contribution in [3.8, 4) is 0 Å². The summed E-state index contributed by atoms with van der Waals surface area (Å²) in [6.45, 7) is 4.27. The first-order valence-corrected chi connectivity index (χ1v) is 8.70. The van der Waals surface area contributed by atoms with Gasteiger partial charge in [-0.05, 0) is 67.4 Å². The Morgan fingerprint density at radius 1 is 0.850 bits per heavy atom. The van der Waals surface area contributed by atoms with E-state index in [9.17, 15) is 0 Å². The highest BCUT2D eigenvalue weighted by molar-refractivity contribution is 9.11. The van der Waals surface area contributed by atoms with Crippen molar-refractivity contribution in [1.29, 1.82) is 0 Å². The number of hydrogen-bond acceptors (Lipinski definition) is 1. The molecular weight excluding hydrogens is 446 g/mol. The number of nitrogens with one attached hydrogen (secondary N) is 1. The molecule has 0 aliphatic carbocycles. The second-order valence-corrected chi connectivity index (χ2v) is 7.57. The van der Waals surface area contributed by atoms with Gasteiger partial charge in [0, 0.05) is 13.4 Å². The molecule has 2 rings (SSSR count). The number of halogens is 3. The smallest absolute Gasteiger partial charge is 0.0577 e. The molecule has 0 radical (unpaired) electrons. The Balaban J connectivity index is 2.55. The Morgan fingerprint density at radius 3 is 2.00 bits per heavy atom. The highest BCUT2D eigenvalue weighted by Gasteiger charge is 2.16. The van der Waals surface area contributed by atoms with E-state index in [2.05, 4.69) is 97.3 Å². The lowest BCUT2D eigenvalue weighted by atomic mass is 9.94. The molecule has 0 spiro atoms. The highest BCUT2D eigenvalue weighted by Crippen LogP contribution is 2.32. The molecule has 1 nitrogen and oxygen atoms in total. The molecule has 0 heterocycles. The topological polar surface area (TPSA) is 12.0 Å². The molecule has 4 heteroatoms. The van der Waals surface area contributed by atoms with E-state index in [4.69, 9.17) is 0 Å². The predicted molar refractivity (Wildman–Crippen MR) is 96.4 cm³/mol. The molecule has 0 fully saturated rings. The minimum atomic E-state index is 0.176. The van der Waals surface area contributed by atoms with Crippen molar-refractivity contribution in [2.75, 3.05) is 7.05 Å². The SMILES string of the molecule is CNC(c1cc(Br)cc(Br)c1)c1cc(C)c(Br)cc1C. The van der Waals surface area contributed by atoms with Gasteiger partial charge in [0.25, 0.3) is 0 Å². The van der Waals surface area contributed by atoms with Crippen LogP contribution in [0.1, 0.15) is 28.3 Å². The zero-order valence-electron chi connectivity index (χ0n) is 11.6. The average Bonchev–Trinajstić information content (AvgIpc) is 2.35. The van der Waals surface area contributed by atoms with Crippen molar-refractivity contribution >= 4 is 47.8 Å². The molecule has 0 saturated heterocycles. The number of benzene rings is 2. The molecule has 0 bridgehead atoms. The van der Waals surface area contributed by atoms with E-state index in [0.717, 1.165) is 13.4 Å². The monoisotopic (exact) mass is 459 g/mol. The van der Waals surface area contributed by atoms with Gasteiger partial charge in [-0.2, -0.15) is 0 Å². The zero-order valence-corrected chi connectivity index (χ0v) is 16.4. The number of aryl methyl sites for hydroxylation is 2. The molecule has 1 N–H and O–H groups in total. The zero-order chi connectivity index (χ0) is 14.9. The highest BCUT2D eigenvalue weighted by atomic mass is 79.9. The van der Waals surface area contributed by atoms with E-state index in [-0.39, 0.29) is 6.04 Å². The van der Waals surface area contributed by atoms with Crippen molar-refractivity contribution in [1.82, 2.24) is 5.32 Å². The minimum absolute atomic E-state index is 0.176. The van der Waals surface area contributed by atoms with Gasteiger partial charge in [-0.1, -0.05) is 53.9 Å². The van der Waals surface area contributed by atoms with E-state index < -0.39 is 0 Å². The van der Waals surface area contributed by atoms with Crippen LogP contribution in [-0.4, -0.2) is 7.05 Å². The summed E-state index contributed by atoms with van der Waals surface area (Å²) in [5.41, 5.74) is 5.06. The summed E-state index contributed by atoms with van der Waals surface area (Å²) in [5.74, 6) is 0. The second-order valence-electron chi connectivity index (χ2n) is 4.88. The average molecular weight is 462 g/mol. The second kappa shape index (κ2) is 6.73. The van der Waals surface area contributed by atoms with Crippen molar-refractivity contribution in [2.45, 2.75) is 19.9 Å². The van der Waals surface area contributed by atoms with Crippen LogP contribution in [0.4, 0.5) is 0 Å². The van der Waals surface area contributed by atoms with Crippen molar-refractivity contribution in [3.05, 3.63) is 66.0 Å². The fourth-order valence-corrected chi connectivity index (χ4v) is 4.14. The van der Waals surface area contributed by atoms with Gasteiger partial charge in [-0.3, -0.25) is 0 Å². The molecule has 1 unspecified atom stereocenters. The Labute approximate surface area is 145 Å². The van der Waals surface area contributed by atoms with Crippen LogP contribution in [0.3, 0.4) is 0 Å². The van der Waals surface area contributed by atoms with Crippen LogP contribution in [0.2, 0.25) is 0 Å². The Bertz CT molecular complexity index is 618. The molecule has 1 atom stereocenters. The van der Waals surface area contributed by atoms with Gasteiger partial charge >= 0.3 is 0 Å². The summed E-state index contributed by atoms with van der Waals surface area (Å²) < 4.78 is 3.31. The Hall–Kier alpha value is -0.160. The van der Waals surface area contributed by atoms with Crippen molar-refractivity contribution in [2.24, 2.45) is 0 Å². The third kappa shape index (κ3) is 3.53. The van der Waals surface area contributed by atoms with Crippen LogP contribution in [-0.2, 0) is 0 Å². The van der Waals surface area contributed by atoms with Crippen LogP contribution in [0.5, 0.6) is 0 Å². The summed E-state index contributed by atoms with van der Waals surface area (Å²) in [6, 6.07) is 11.0. The van der Waals surface area contributed by atoms with E-state index >= 15 is 0 Å². The summed E-state index contributed by atoms with van der Waals surface area (Å²) >= 11 is 10.7. The van der Waals surface area contributed by atoms with Gasteiger partial charge in [0.2, 0.25) is 0 Å². The maximum absolute atomic E-state index is 3.60. The maximum atomic E-state index is 3.60. The third-order valence-electron chi connectivity index (χ3n) is 3.37. The molecule has 0 aliphatic heterocycles. The maximum Gasteiger partial charge on any atom is 0.0577 e. The fourth-order valence-electron chi connectivity index (χ4n) is 2.36. The quantitative estimate of drug-likeness (QED) is 0.600. The van der Waals surface area contributed by atoms with Gasteiger partial charge < -0.3 is 5.32 Å². The van der Waals surface area contributed by atoms with E-state index in [0.29, 0.717) is 0 Å².